The quantitative estimate of drug-likeness (QED) is 0.777. The number of phenolic OH excluding ortho intramolecular Hbond substituents is 1. The number of phenols is 1. The van der Waals surface area contributed by atoms with Crippen molar-refractivity contribution in [1.82, 2.24) is 5.32 Å². The predicted molar refractivity (Wildman–Crippen MR) is 64.1 cm³/mol. The van der Waals surface area contributed by atoms with Gasteiger partial charge in [0.2, 0.25) is 0 Å². The number of aromatic hydroxyl groups is 1. The first-order valence-corrected chi connectivity index (χ1v) is 5.61. The van der Waals surface area contributed by atoms with E-state index in [0.717, 1.165) is 18.5 Å². The van der Waals surface area contributed by atoms with Crippen molar-refractivity contribution in [2.24, 2.45) is 5.92 Å². The van der Waals surface area contributed by atoms with Gasteiger partial charge in [-0.3, -0.25) is 0 Å². The Balaban J connectivity index is 2.35. The molecule has 1 aromatic carbocycles. The summed E-state index contributed by atoms with van der Waals surface area (Å²) in [7, 11) is 0. The summed E-state index contributed by atoms with van der Waals surface area (Å²) >= 11 is 0. The lowest BCUT2D eigenvalue weighted by molar-refractivity contribution is 0.425. The molecule has 0 aliphatic heterocycles. The minimum atomic E-state index is 0.400. The van der Waals surface area contributed by atoms with Gasteiger partial charge in [0, 0.05) is 6.04 Å². The van der Waals surface area contributed by atoms with Gasteiger partial charge >= 0.3 is 0 Å². The van der Waals surface area contributed by atoms with Crippen molar-refractivity contribution >= 4 is 0 Å². The molecule has 0 aliphatic rings. The second-order valence-corrected chi connectivity index (χ2v) is 4.37. The molecule has 1 unspecified atom stereocenters. The van der Waals surface area contributed by atoms with Crippen LogP contribution in [0.4, 0.5) is 0 Å². The lowest BCUT2D eigenvalue weighted by Gasteiger charge is -2.17. The first-order chi connectivity index (χ1) is 7.11. The summed E-state index contributed by atoms with van der Waals surface area (Å²) in [6.45, 7) is 7.52. The van der Waals surface area contributed by atoms with Crippen LogP contribution < -0.4 is 5.32 Å². The van der Waals surface area contributed by atoms with Crippen molar-refractivity contribution in [2.75, 3.05) is 6.54 Å². The van der Waals surface area contributed by atoms with E-state index < -0.39 is 0 Å². The summed E-state index contributed by atoms with van der Waals surface area (Å²) in [6.07, 6.45) is 0.879. The molecule has 0 saturated heterocycles. The van der Waals surface area contributed by atoms with Crippen molar-refractivity contribution < 1.29 is 5.11 Å². The lowest BCUT2D eigenvalue weighted by Crippen LogP contribution is -2.32. The smallest absolute Gasteiger partial charge is 0.118 e. The van der Waals surface area contributed by atoms with E-state index in [2.05, 4.69) is 26.1 Å². The van der Waals surface area contributed by atoms with Crippen molar-refractivity contribution in [3.05, 3.63) is 29.8 Å². The molecule has 2 N–H and O–H groups in total. The van der Waals surface area contributed by atoms with Crippen molar-refractivity contribution in [2.45, 2.75) is 33.2 Å². The van der Waals surface area contributed by atoms with E-state index in [1.807, 2.05) is 18.2 Å². The maximum Gasteiger partial charge on any atom is 0.118 e. The Kier molecular flexibility index (Phi) is 4.63. The Labute approximate surface area is 92.3 Å². The normalized spacial score (nSPS) is 13.1. The molecule has 0 spiro atoms. The molecule has 0 fully saturated rings. The Morgan fingerprint density at radius 1 is 1.20 bits per heavy atom. The Hall–Kier alpha value is -1.02. The van der Waals surface area contributed by atoms with Crippen LogP contribution in [0.25, 0.3) is 0 Å². The van der Waals surface area contributed by atoms with Gasteiger partial charge < -0.3 is 10.4 Å². The molecule has 1 atom stereocenters. The van der Waals surface area contributed by atoms with Gasteiger partial charge in [0.1, 0.15) is 5.75 Å². The zero-order valence-corrected chi connectivity index (χ0v) is 9.83. The standard InChI is InChI=1S/C13H21NO/c1-10(2)11(3)14-9-8-12-6-4-5-7-13(12)15/h4-7,10-11,14-15H,8-9H2,1-3H3. The Morgan fingerprint density at radius 2 is 1.87 bits per heavy atom. The molecular weight excluding hydrogens is 186 g/mol. The van der Waals surface area contributed by atoms with Gasteiger partial charge in [0.25, 0.3) is 0 Å². The molecule has 0 heterocycles. The number of nitrogens with one attached hydrogen (secondary N) is 1. The van der Waals surface area contributed by atoms with Crippen molar-refractivity contribution in [3.8, 4) is 5.75 Å². The first-order valence-electron chi connectivity index (χ1n) is 5.61. The summed E-state index contributed by atoms with van der Waals surface area (Å²) < 4.78 is 0. The highest BCUT2D eigenvalue weighted by atomic mass is 16.3. The SMILES string of the molecule is CC(C)C(C)NCCc1ccccc1O. The highest BCUT2D eigenvalue weighted by Gasteiger charge is 2.06. The first kappa shape index (κ1) is 12.1. The molecule has 1 rings (SSSR count). The molecule has 0 aromatic heterocycles. The van der Waals surface area contributed by atoms with Gasteiger partial charge in [-0.1, -0.05) is 32.0 Å². The highest BCUT2D eigenvalue weighted by Crippen LogP contribution is 2.15. The average molecular weight is 207 g/mol. The highest BCUT2D eigenvalue weighted by molar-refractivity contribution is 5.31. The van der Waals surface area contributed by atoms with Gasteiger partial charge in [-0.2, -0.15) is 0 Å². The Morgan fingerprint density at radius 3 is 2.47 bits per heavy atom. The van der Waals surface area contributed by atoms with Crippen LogP contribution in [0.2, 0.25) is 0 Å². The maximum absolute atomic E-state index is 9.56. The van der Waals surface area contributed by atoms with E-state index in [1.54, 1.807) is 6.07 Å². The second-order valence-electron chi connectivity index (χ2n) is 4.37. The van der Waals surface area contributed by atoms with Gasteiger partial charge in [-0.05, 0) is 37.4 Å². The van der Waals surface area contributed by atoms with E-state index in [1.165, 1.54) is 0 Å². The fourth-order valence-corrected chi connectivity index (χ4v) is 1.39. The third-order valence-corrected chi connectivity index (χ3v) is 2.85. The molecule has 0 bridgehead atoms. The molecule has 0 amide bonds. The number of hydrogen-bond acceptors (Lipinski definition) is 2. The van der Waals surface area contributed by atoms with Gasteiger partial charge in [-0.25, -0.2) is 0 Å². The lowest BCUT2D eigenvalue weighted by atomic mass is 10.1. The van der Waals surface area contributed by atoms with Crippen LogP contribution >= 0.6 is 0 Å². The van der Waals surface area contributed by atoms with Crippen LogP contribution in [0.5, 0.6) is 5.75 Å². The topological polar surface area (TPSA) is 32.3 Å². The summed E-state index contributed by atoms with van der Waals surface area (Å²) in [6, 6.07) is 8.04. The number of para-hydroxylation sites is 1. The number of rotatable bonds is 5. The van der Waals surface area contributed by atoms with Crippen LogP contribution in [-0.2, 0) is 6.42 Å². The molecule has 0 saturated carbocycles. The van der Waals surface area contributed by atoms with E-state index >= 15 is 0 Å². The minimum Gasteiger partial charge on any atom is -0.508 e. The fourth-order valence-electron chi connectivity index (χ4n) is 1.39. The number of hydrogen-bond donors (Lipinski definition) is 2. The van der Waals surface area contributed by atoms with Crippen LogP contribution in [-0.4, -0.2) is 17.7 Å². The van der Waals surface area contributed by atoms with Gasteiger partial charge in [-0.15, -0.1) is 0 Å². The molecule has 0 radical (unpaired) electrons. The summed E-state index contributed by atoms with van der Waals surface area (Å²) in [5.74, 6) is 1.05. The molecule has 1 aromatic rings. The zero-order valence-electron chi connectivity index (χ0n) is 9.83. The molecule has 84 valence electrons. The van der Waals surface area contributed by atoms with Crippen LogP contribution in [0, 0.1) is 5.92 Å². The van der Waals surface area contributed by atoms with E-state index in [4.69, 9.17) is 0 Å². The molecule has 15 heavy (non-hydrogen) atoms. The average Bonchev–Trinajstić information content (AvgIpc) is 2.20. The van der Waals surface area contributed by atoms with Crippen LogP contribution in [0.1, 0.15) is 26.3 Å². The minimum absolute atomic E-state index is 0.400. The van der Waals surface area contributed by atoms with E-state index in [0.29, 0.717) is 17.7 Å². The summed E-state index contributed by atoms with van der Waals surface area (Å²) in [5, 5.41) is 13.0. The summed E-state index contributed by atoms with van der Waals surface area (Å²) in [4.78, 5) is 0. The maximum atomic E-state index is 9.56. The van der Waals surface area contributed by atoms with Gasteiger partial charge in [0.15, 0.2) is 0 Å². The monoisotopic (exact) mass is 207 g/mol. The fraction of sp³-hybridized carbons (Fsp3) is 0.538. The van der Waals surface area contributed by atoms with Crippen LogP contribution in [0.15, 0.2) is 24.3 Å². The van der Waals surface area contributed by atoms with Crippen LogP contribution in [0.3, 0.4) is 0 Å². The molecule has 2 nitrogen and oxygen atoms in total. The largest absolute Gasteiger partial charge is 0.508 e. The third kappa shape index (κ3) is 3.92. The zero-order chi connectivity index (χ0) is 11.3. The molecule has 2 heteroatoms. The second kappa shape index (κ2) is 5.76. The molecular formula is C13H21NO. The molecule has 0 aliphatic carbocycles. The van der Waals surface area contributed by atoms with Crippen molar-refractivity contribution in [3.63, 3.8) is 0 Å². The van der Waals surface area contributed by atoms with Gasteiger partial charge in [0.05, 0.1) is 0 Å². The summed E-state index contributed by atoms with van der Waals surface area (Å²) in [5.41, 5.74) is 1.01. The van der Waals surface area contributed by atoms with Crippen molar-refractivity contribution in [1.29, 1.82) is 0 Å². The predicted octanol–water partition coefficient (Wildman–Crippen LogP) is 2.57. The third-order valence-electron chi connectivity index (χ3n) is 2.85. The van der Waals surface area contributed by atoms with E-state index in [-0.39, 0.29) is 0 Å². The number of benzene rings is 1. The Bertz CT molecular complexity index is 296. The van der Waals surface area contributed by atoms with E-state index in [9.17, 15) is 5.11 Å².